The largest absolute Gasteiger partial charge is 0.497 e. The van der Waals surface area contributed by atoms with E-state index in [4.69, 9.17) is 9.26 Å². The molecule has 1 amide bonds. The van der Waals surface area contributed by atoms with E-state index in [9.17, 15) is 9.18 Å². The van der Waals surface area contributed by atoms with Gasteiger partial charge in [-0.15, -0.1) is 0 Å². The number of carbonyl (C=O) groups excluding carboxylic acids is 1. The third-order valence-corrected chi connectivity index (χ3v) is 5.35. The fourth-order valence-corrected chi connectivity index (χ4v) is 3.75. The van der Waals surface area contributed by atoms with E-state index in [0.29, 0.717) is 17.9 Å². The molecule has 4 rings (SSSR count). The number of carbonyl (C=O) groups is 1. The predicted octanol–water partition coefficient (Wildman–Crippen LogP) is 5.25. The number of amides is 1. The van der Waals surface area contributed by atoms with E-state index >= 15 is 0 Å². The van der Waals surface area contributed by atoms with Crippen molar-refractivity contribution < 1.29 is 18.4 Å². The summed E-state index contributed by atoms with van der Waals surface area (Å²) in [6.45, 7) is 0.644. The van der Waals surface area contributed by atoms with Crippen LogP contribution in [0.1, 0.15) is 47.8 Å². The lowest BCUT2D eigenvalue weighted by Crippen LogP contribution is -2.35. The van der Waals surface area contributed by atoms with Crippen LogP contribution >= 0.6 is 0 Å². The van der Waals surface area contributed by atoms with Crippen LogP contribution < -0.4 is 4.74 Å². The summed E-state index contributed by atoms with van der Waals surface area (Å²) in [5.74, 6) is 0.968. The average molecular weight is 394 g/mol. The Labute approximate surface area is 169 Å². The van der Waals surface area contributed by atoms with Crippen molar-refractivity contribution in [2.75, 3.05) is 13.7 Å². The zero-order valence-electron chi connectivity index (χ0n) is 16.3. The van der Waals surface area contributed by atoms with Crippen molar-refractivity contribution in [3.63, 3.8) is 0 Å². The van der Waals surface area contributed by atoms with Gasteiger partial charge in [0, 0.05) is 23.7 Å². The lowest BCUT2D eigenvalue weighted by molar-refractivity contribution is 0.0674. The van der Waals surface area contributed by atoms with Crippen molar-refractivity contribution in [1.29, 1.82) is 0 Å². The summed E-state index contributed by atoms with van der Waals surface area (Å²) in [4.78, 5) is 15.0. The minimum Gasteiger partial charge on any atom is -0.497 e. The van der Waals surface area contributed by atoms with Gasteiger partial charge in [-0.25, -0.2) is 4.39 Å². The number of hydrogen-bond acceptors (Lipinski definition) is 4. The van der Waals surface area contributed by atoms with Gasteiger partial charge in [0.05, 0.1) is 13.2 Å². The normalized spacial score (nSPS) is 17.0. The zero-order valence-corrected chi connectivity index (χ0v) is 16.3. The molecule has 1 aromatic heterocycles. The molecule has 0 N–H and O–H groups in total. The zero-order chi connectivity index (χ0) is 20.2. The minimum absolute atomic E-state index is 0.106. The number of methoxy groups -OCH3 is 1. The number of rotatable bonds is 4. The van der Waals surface area contributed by atoms with Crippen molar-refractivity contribution >= 4 is 5.91 Å². The van der Waals surface area contributed by atoms with Crippen LogP contribution in [0.5, 0.6) is 5.75 Å². The van der Waals surface area contributed by atoms with Gasteiger partial charge in [-0.2, -0.15) is 0 Å². The van der Waals surface area contributed by atoms with Crippen LogP contribution in [0.4, 0.5) is 4.39 Å². The van der Waals surface area contributed by atoms with Crippen LogP contribution in [0.15, 0.2) is 59.1 Å². The summed E-state index contributed by atoms with van der Waals surface area (Å²) in [5.41, 5.74) is 2.12. The second-order valence-corrected chi connectivity index (χ2v) is 7.22. The van der Waals surface area contributed by atoms with Crippen LogP contribution in [0.2, 0.25) is 0 Å². The van der Waals surface area contributed by atoms with E-state index in [1.807, 2.05) is 35.2 Å². The van der Waals surface area contributed by atoms with E-state index in [2.05, 4.69) is 5.16 Å². The van der Waals surface area contributed by atoms with Crippen LogP contribution in [-0.2, 0) is 0 Å². The van der Waals surface area contributed by atoms with Gasteiger partial charge in [-0.05, 0) is 61.4 Å². The van der Waals surface area contributed by atoms with Crippen molar-refractivity contribution in [3.05, 3.63) is 71.7 Å². The molecule has 0 spiro atoms. The molecular weight excluding hydrogens is 371 g/mol. The topological polar surface area (TPSA) is 55.6 Å². The highest BCUT2D eigenvalue weighted by atomic mass is 19.1. The summed E-state index contributed by atoms with van der Waals surface area (Å²) < 4.78 is 24.0. The van der Waals surface area contributed by atoms with E-state index in [1.54, 1.807) is 7.11 Å². The lowest BCUT2D eigenvalue weighted by Gasteiger charge is -2.28. The van der Waals surface area contributed by atoms with Crippen LogP contribution in [-0.4, -0.2) is 29.6 Å². The van der Waals surface area contributed by atoms with Crippen LogP contribution in [0.3, 0.4) is 0 Å². The maximum Gasteiger partial charge on any atom is 0.254 e. The van der Waals surface area contributed by atoms with E-state index in [-0.39, 0.29) is 17.8 Å². The molecule has 1 saturated heterocycles. The van der Waals surface area contributed by atoms with Crippen molar-refractivity contribution in [3.8, 4) is 17.1 Å². The second kappa shape index (κ2) is 8.47. The van der Waals surface area contributed by atoms with Gasteiger partial charge in [0.2, 0.25) is 0 Å². The summed E-state index contributed by atoms with van der Waals surface area (Å²) >= 11 is 0. The lowest BCUT2D eigenvalue weighted by atomic mass is 10.0. The highest BCUT2D eigenvalue weighted by molar-refractivity contribution is 5.94. The molecule has 1 aliphatic heterocycles. The Morgan fingerprint density at radius 3 is 2.59 bits per heavy atom. The van der Waals surface area contributed by atoms with Crippen LogP contribution in [0, 0.1) is 5.82 Å². The van der Waals surface area contributed by atoms with Gasteiger partial charge in [0.15, 0.2) is 5.76 Å². The molecule has 1 unspecified atom stereocenters. The molecule has 2 aromatic carbocycles. The summed E-state index contributed by atoms with van der Waals surface area (Å²) in [7, 11) is 1.63. The summed E-state index contributed by atoms with van der Waals surface area (Å²) in [5, 5.41) is 4.28. The SMILES string of the molecule is COc1ccc(-c2cc(C3CCCCCN3C(=O)c3ccc(F)cc3)no2)cc1. The monoisotopic (exact) mass is 394 g/mol. The quantitative estimate of drug-likeness (QED) is 0.607. The molecule has 5 nitrogen and oxygen atoms in total. The second-order valence-electron chi connectivity index (χ2n) is 7.22. The fraction of sp³-hybridized carbons (Fsp3) is 0.304. The molecule has 0 aliphatic carbocycles. The molecule has 3 aromatic rings. The molecule has 2 heterocycles. The standard InChI is InChI=1S/C23H23FN2O3/c1-28-19-12-8-16(9-13-19)22-15-20(25-29-22)21-5-3-2-4-14-26(21)23(27)17-6-10-18(24)11-7-17/h6-13,15,21H,2-5,14H2,1H3. The molecule has 1 fully saturated rings. The van der Waals surface area contributed by atoms with E-state index < -0.39 is 0 Å². The molecule has 0 radical (unpaired) electrons. The van der Waals surface area contributed by atoms with Crippen LogP contribution in [0.25, 0.3) is 11.3 Å². The average Bonchev–Trinajstić information content (AvgIpc) is 3.11. The van der Waals surface area contributed by atoms with E-state index in [0.717, 1.165) is 42.7 Å². The first-order chi connectivity index (χ1) is 14.2. The van der Waals surface area contributed by atoms with E-state index in [1.165, 1.54) is 24.3 Å². The van der Waals surface area contributed by atoms with Crippen molar-refractivity contribution in [2.24, 2.45) is 0 Å². The fourth-order valence-electron chi connectivity index (χ4n) is 3.75. The number of nitrogens with zero attached hydrogens (tertiary/aromatic N) is 2. The first-order valence-corrected chi connectivity index (χ1v) is 9.83. The third-order valence-electron chi connectivity index (χ3n) is 5.35. The predicted molar refractivity (Wildman–Crippen MR) is 107 cm³/mol. The van der Waals surface area contributed by atoms with Gasteiger partial charge in [0.25, 0.3) is 5.91 Å². The smallest absolute Gasteiger partial charge is 0.254 e. The number of halogens is 1. The van der Waals surface area contributed by atoms with Gasteiger partial charge < -0.3 is 14.2 Å². The Bertz CT molecular complexity index is 967. The highest BCUT2D eigenvalue weighted by Gasteiger charge is 2.30. The molecule has 0 saturated carbocycles. The Morgan fingerprint density at radius 2 is 1.86 bits per heavy atom. The molecule has 1 aliphatic rings. The molecule has 150 valence electrons. The Kier molecular flexibility index (Phi) is 5.60. The number of hydrogen-bond donors (Lipinski definition) is 0. The van der Waals surface area contributed by atoms with Gasteiger partial charge in [-0.3, -0.25) is 4.79 Å². The molecule has 0 bridgehead atoms. The Hall–Kier alpha value is -3.15. The van der Waals surface area contributed by atoms with Crippen molar-refractivity contribution in [2.45, 2.75) is 31.7 Å². The van der Waals surface area contributed by atoms with Gasteiger partial charge in [-0.1, -0.05) is 18.0 Å². The number of ether oxygens (including phenoxy) is 1. The maximum absolute atomic E-state index is 13.3. The summed E-state index contributed by atoms with van der Waals surface area (Å²) in [6, 6.07) is 15.0. The summed E-state index contributed by atoms with van der Waals surface area (Å²) in [6.07, 6.45) is 3.84. The number of aromatic nitrogens is 1. The highest BCUT2D eigenvalue weighted by Crippen LogP contribution is 2.33. The third kappa shape index (κ3) is 4.16. The van der Waals surface area contributed by atoms with Crippen molar-refractivity contribution in [1.82, 2.24) is 10.1 Å². The Balaban J connectivity index is 1.61. The maximum atomic E-state index is 13.3. The minimum atomic E-state index is -0.352. The molecule has 29 heavy (non-hydrogen) atoms. The molecule has 1 atom stereocenters. The number of benzene rings is 2. The molecular formula is C23H23FN2O3. The Morgan fingerprint density at radius 1 is 1.10 bits per heavy atom. The first-order valence-electron chi connectivity index (χ1n) is 9.83. The molecule has 6 heteroatoms. The number of likely N-dealkylation sites (tertiary alicyclic amines) is 1. The van der Waals surface area contributed by atoms with Gasteiger partial charge in [0.1, 0.15) is 17.3 Å². The first kappa shape index (κ1) is 19.2. The van der Waals surface area contributed by atoms with Gasteiger partial charge >= 0.3 is 0 Å².